The first-order valence-electron chi connectivity index (χ1n) is 7.38. The molecule has 3 heteroatoms. The molecule has 0 saturated heterocycles. The predicted octanol–water partition coefficient (Wildman–Crippen LogP) is 3.43. The van der Waals surface area contributed by atoms with Crippen LogP contribution < -0.4 is 14.8 Å². The smallest absolute Gasteiger partial charge is 0.123 e. The first-order valence-corrected chi connectivity index (χ1v) is 7.38. The van der Waals surface area contributed by atoms with Gasteiger partial charge in [0.05, 0.1) is 7.11 Å². The molecule has 0 aliphatic rings. The summed E-state index contributed by atoms with van der Waals surface area (Å²) in [6.07, 6.45) is 1.02. The Morgan fingerprint density at radius 2 is 1.71 bits per heavy atom. The highest BCUT2D eigenvalue weighted by molar-refractivity contribution is 5.33. The van der Waals surface area contributed by atoms with Crippen LogP contribution in [0.4, 0.5) is 0 Å². The van der Waals surface area contributed by atoms with Crippen molar-refractivity contribution in [1.29, 1.82) is 0 Å². The standard InChI is InChI=1S/C18H23NO2/c1-3-19-12-11-15-7-4-5-8-16(15)14-21-18-10-6-9-17(13-18)20-2/h4-10,13,19H,3,11-12,14H2,1-2H3. The van der Waals surface area contributed by atoms with Gasteiger partial charge in [-0.1, -0.05) is 37.3 Å². The van der Waals surface area contributed by atoms with E-state index in [0.717, 1.165) is 31.0 Å². The third kappa shape index (κ3) is 4.80. The Hall–Kier alpha value is -2.00. The molecule has 0 heterocycles. The second kappa shape index (κ2) is 8.32. The van der Waals surface area contributed by atoms with Gasteiger partial charge in [-0.15, -0.1) is 0 Å². The van der Waals surface area contributed by atoms with E-state index in [0.29, 0.717) is 6.61 Å². The summed E-state index contributed by atoms with van der Waals surface area (Å²) in [5.74, 6) is 1.64. The molecule has 2 rings (SSSR count). The van der Waals surface area contributed by atoms with Crippen LogP contribution in [0.3, 0.4) is 0 Å². The van der Waals surface area contributed by atoms with E-state index in [2.05, 4.69) is 36.5 Å². The minimum absolute atomic E-state index is 0.579. The summed E-state index contributed by atoms with van der Waals surface area (Å²) in [5, 5.41) is 3.36. The third-order valence-corrected chi connectivity index (χ3v) is 3.38. The van der Waals surface area contributed by atoms with E-state index in [1.807, 2.05) is 24.3 Å². The summed E-state index contributed by atoms with van der Waals surface area (Å²) >= 11 is 0. The predicted molar refractivity (Wildman–Crippen MR) is 86.0 cm³/mol. The van der Waals surface area contributed by atoms with Crippen molar-refractivity contribution in [3.8, 4) is 11.5 Å². The van der Waals surface area contributed by atoms with Crippen LogP contribution in [0.15, 0.2) is 48.5 Å². The van der Waals surface area contributed by atoms with Gasteiger partial charge in [0.2, 0.25) is 0 Å². The van der Waals surface area contributed by atoms with Crippen molar-refractivity contribution in [1.82, 2.24) is 5.32 Å². The molecule has 0 bridgehead atoms. The molecule has 0 atom stereocenters. The number of ether oxygens (including phenoxy) is 2. The molecule has 2 aromatic carbocycles. The molecule has 0 aromatic heterocycles. The van der Waals surface area contributed by atoms with Gasteiger partial charge in [-0.05, 0) is 42.8 Å². The SMILES string of the molecule is CCNCCc1ccccc1COc1cccc(OC)c1. The summed E-state index contributed by atoms with van der Waals surface area (Å²) in [6, 6.07) is 16.1. The lowest BCUT2D eigenvalue weighted by Crippen LogP contribution is -2.17. The number of methoxy groups -OCH3 is 1. The van der Waals surface area contributed by atoms with Crippen LogP contribution >= 0.6 is 0 Å². The maximum atomic E-state index is 5.88. The van der Waals surface area contributed by atoms with Crippen molar-refractivity contribution in [2.75, 3.05) is 20.2 Å². The number of rotatable bonds is 8. The van der Waals surface area contributed by atoms with Crippen LogP contribution in [0.25, 0.3) is 0 Å². The fourth-order valence-electron chi connectivity index (χ4n) is 2.19. The minimum atomic E-state index is 0.579. The molecule has 112 valence electrons. The normalized spacial score (nSPS) is 10.4. The molecule has 1 N–H and O–H groups in total. The molecule has 2 aromatic rings. The Labute approximate surface area is 126 Å². The van der Waals surface area contributed by atoms with E-state index in [1.54, 1.807) is 7.11 Å². The monoisotopic (exact) mass is 285 g/mol. The van der Waals surface area contributed by atoms with Gasteiger partial charge in [0.1, 0.15) is 18.1 Å². The lowest BCUT2D eigenvalue weighted by molar-refractivity contribution is 0.302. The average molecular weight is 285 g/mol. The van der Waals surface area contributed by atoms with Crippen molar-refractivity contribution in [2.45, 2.75) is 20.0 Å². The summed E-state index contributed by atoms with van der Waals surface area (Å²) in [6.45, 7) is 4.70. The molecule has 0 unspecified atom stereocenters. The van der Waals surface area contributed by atoms with E-state index in [-0.39, 0.29) is 0 Å². The van der Waals surface area contributed by atoms with Crippen molar-refractivity contribution in [2.24, 2.45) is 0 Å². The Balaban J connectivity index is 1.98. The van der Waals surface area contributed by atoms with Gasteiger partial charge < -0.3 is 14.8 Å². The van der Waals surface area contributed by atoms with Gasteiger partial charge in [0, 0.05) is 6.07 Å². The number of likely N-dealkylation sites (N-methyl/N-ethyl adjacent to an activating group) is 1. The lowest BCUT2D eigenvalue weighted by Gasteiger charge is -2.12. The number of hydrogen-bond donors (Lipinski definition) is 1. The molecule has 0 amide bonds. The van der Waals surface area contributed by atoms with Crippen LogP contribution in [0.2, 0.25) is 0 Å². The van der Waals surface area contributed by atoms with Gasteiger partial charge in [0.25, 0.3) is 0 Å². The zero-order chi connectivity index (χ0) is 14.9. The Morgan fingerprint density at radius 3 is 2.48 bits per heavy atom. The van der Waals surface area contributed by atoms with Crippen molar-refractivity contribution in [3.63, 3.8) is 0 Å². The summed E-state index contributed by atoms with van der Waals surface area (Å²) in [5.41, 5.74) is 2.57. The van der Waals surface area contributed by atoms with Gasteiger partial charge in [-0.2, -0.15) is 0 Å². The first kappa shape index (κ1) is 15.4. The molecule has 0 aliphatic heterocycles. The average Bonchev–Trinajstić information content (AvgIpc) is 2.54. The van der Waals surface area contributed by atoms with E-state index < -0.39 is 0 Å². The Bertz CT molecular complexity index is 554. The molecule has 3 nitrogen and oxygen atoms in total. The van der Waals surface area contributed by atoms with Crippen LogP contribution in [0.1, 0.15) is 18.1 Å². The maximum absolute atomic E-state index is 5.88. The molecular weight excluding hydrogens is 262 g/mol. The topological polar surface area (TPSA) is 30.5 Å². The van der Waals surface area contributed by atoms with Crippen LogP contribution in [0, 0.1) is 0 Å². The molecule has 0 fully saturated rings. The highest BCUT2D eigenvalue weighted by atomic mass is 16.5. The number of nitrogens with one attached hydrogen (secondary N) is 1. The second-order valence-corrected chi connectivity index (χ2v) is 4.84. The lowest BCUT2D eigenvalue weighted by atomic mass is 10.1. The van der Waals surface area contributed by atoms with E-state index in [9.17, 15) is 0 Å². The van der Waals surface area contributed by atoms with E-state index in [1.165, 1.54) is 11.1 Å². The maximum Gasteiger partial charge on any atom is 0.123 e. The highest BCUT2D eigenvalue weighted by Gasteiger charge is 2.03. The van der Waals surface area contributed by atoms with Crippen LogP contribution in [-0.4, -0.2) is 20.2 Å². The van der Waals surface area contributed by atoms with Crippen molar-refractivity contribution in [3.05, 3.63) is 59.7 Å². The molecule has 0 saturated carbocycles. The van der Waals surface area contributed by atoms with E-state index in [4.69, 9.17) is 9.47 Å². The van der Waals surface area contributed by atoms with E-state index >= 15 is 0 Å². The number of benzene rings is 2. The Kier molecular flexibility index (Phi) is 6.10. The quantitative estimate of drug-likeness (QED) is 0.754. The zero-order valence-corrected chi connectivity index (χ0v) is 12.8. The molecule has 21 heavy (non-hydrogen) atoms. The second-order valence-electron chi connectivity index (χ2n) is 4.84. The molecule has 0 aliphatic carbocycles. The largest absolute Gasteiger partial charge is 0.497 e. The Morgan fingerprint density at radius 1 is 0.952 bits per heavy atom. The van der Waals surface area contributed by atoms with Gasteiger partial charge in [0.15, 0.2) is 0 Å². The van der Waals surface area contributed by atoms with Gasteiger partial charge in [-0.3, -0.25) is 0 Å². The van der Waals surface area contributed by atoms with Crippen LogP contribution in [-0.2, 0) is 13.0 Å². The highest BCUT2D eigenvalue weighted by Crippen LogP contribution is 2.20. The van der Waals surface area contributed by atoms with Gasteiger partial charge in [-0.25, -0.2) is 0 Å². The summed E-state index contributed by atoms with van der Waals surface area (Å²) in [7, 11) is 1.66. The van der Waals surface area contributed by atoms with Gasteiger partial charge >= 0.3 is 0 Å². The van der Waals surface area contributed by atoms with Crippen LogP contribution in [0.5, 0.6) is 11.5 Å². The third-order valence-electron chi connectivity index (χ3n) is 3.38. The summed E-state index contributed by atoms with van der Waals surface area (Å²) in [4.78, 5) is 0. The molecule has 0 spiro atoms. The molecule has 0 radical (unpaired) electrons. The minimum Gasteiger partial charge on any atom is -0.497 e. The fraction of sp³-hybridized carbons (Fsp3) is 0.333. The van der Waals surface area contributed by atoms with Crippen molar-refractivity contribution >= 4 is 0 Å². The number of hydrogen-bond acceptors (Lipinski definition) is 3. The summed E-state index contributed by atoms with van der Waals surface area (Å²) < 4.78 is 11.1. The zero-order valence-electron chi connectivity index (χ0n) is 12.8. The fourth-order valence-corrected chi connectivity index (χ4v) is 2.19. The molecular formula is C18H23NO2. The first-order chi connectivity index (χ1) is 10.3. The van der Waals surface area contributed by atoms with Crippen molar-refractivity contribution < 1.29 is 9.47 Å².